The number of rotatable bonds is 15. The number of carbonyl (C=O) groups excluding carboxylic acids is 6. The van der Waals surface area contributed by atoms with Gasteiger partial charge in [0.25, 0.3) is 0 Å². The summed E-state index contributed by atoms with van der Waals surface area (Å²) in [5.41, 5.74) is 0. The minimum absolute atomic E-state index is 0.211. The lowest BCUT2D eigenvalue weighted by Gasteiger charge is -2.31. The van der Waals surface area contributed by atoms with Gasteiger partial charge >= 0.3 is 49.3 Å². The van der Waals surface area contributed by atoms with E-state index in [2.05, 4.69) is 28.8 Å². The average Bonchev–Trinajstić information content (AvgIpc) is 3.71. The van der Waals surface area contributed by atoms with Gasteiger partial charge in [0, 0.05) is 39.3 Å². The van der Waals surface area contributed by atoms with Crippen LogP contribution in [0.5, 0.6) is 0 Å². The number of hydroxylamine groups is 6. The Bertz CT molecular complexity index is 2210. The van der Waals surface area contributed by atoms with Gasteiger partial charge in [-0.05, 0) is 94.8 Å². The minimum Gasteiger partial charge on any atom is -0.354 e. The van der Waals surface area contributed by atoms with E-state index < -0.39 is 85.5 Å². The van der Waals surface area contributed by atoms with Gasteiger partial charge < -0.3 is 30.7 Å². The lowest BCUT2D eigenvalue weighted by molar-refractivity contribution is -0.127. The van der Waals surface area contributed by atoms with Crippen LogP contribution in [0, 0.1) is 17.8 Å². The predicted octanol–water partition coefficient (Wildman–Crippen LogP) is -0.283. The predicted molar refractivity (Wildman–Crippen MR) is 221 cm³/mol. The Kier molecular flexibility index (Phi) is 15.2. The van der Waals surface area contributed by atoms with Gasteiger partial charge in [-0.2, -0.15) is 40.4 Å². The maximum Gasteiger partial charge on any atom is 0.418 e. The number of nitrogens with one attached hydrogen (secondary N) is 3. The first-order valence-electron chi connectivity index (χ1n) is 22.2. The van der Waals surface area contributed by atoms with Crippen LogP contribution >= 0.6 is 0 Å². The number of fused-ring (bicyclic) bond motifs is 6. The molecule has 3 aliphatic carbocycles. The highest BCUT2D eigenvalue weighted by Gasteiger charge is 2.52. The van der Waals surface area contributed by atoms with Crippen LogP contribution in [-0.4, -0.2) is 180 Å². The molecular formula is C36H57N9O18S3. The Balaban J connectivity index is 0.000000147. The summed E-state index contributed by atoms with van der Waals surface area (Å²) in [4.78, 5) is 77.1. The van der Waals surface area contributed by atoms with E-state index in [1.165, 1.54) is 34.0 Å². The third kappa shape index (κ3) is 12.5. The summed E-state index contributed by atoms with van der Waals surface area (Å²) in [6, 6.07) is -5.35. The maximum absolute atomic E-state index is 12.3. The van der Waals surface area contributed by atoms with Crippen molar-refractivity contribution >= 4 is 67.0 Å². The van der Waals surface area contributed by atoms with Gasteiger partial charge in [-0.25, -0.2) is 14.4 Å². The molecular weight excluding hydrogens is 943 g/mol. The highest BCUT2D eigenvalue weighted by atomic mass is 32.3. The van der Waals surface area contributed by atoms with Crippen molar-refractivity contribution < 1.29 is 80.5 Å². The molecule has 9 fully saturated rings. The number of urea groups is 3. The molecule has 27 nitrogen and oxygen atoms in total. The van der Waals surface area contributed by atoms with Crippen molar-refractivity contribution in [3.05, 3.63) is 0 Å². The second kappa shape index (κ2) is 20.2. The van der Waals surface area contributed by atoms with Crippen molar-refractivity contribution in [3.8, 4) is 0 Å². The van der Waals surface area contributed by atoms with Crippen LogP contribution in [0.2, 0.25) is 0 Å². The molecule has 3 saturated carbocycles. The Labute approximate surface area is 381 Å². The van der Waals surface area contributed by atoms with E-state index in [-0.39, 0.29) is 37.4 Å². The molecule has 0 unspecified atom stereocenters. The van der Waals surface area contributed by atoms with Gasteiger partial charge in [0.2, 0.25) is 17.7 Å². The molecule has 6 N–H and O–H groups in total. The SMILES string of the molecule is O=C(NCC1CC1)[C@@H]1CC[C@@H]2CN1C(=O)N2OS(=O)(=O)O.O=C(NCC1CCC1)[C@@H]1CC[C@@H]2CN1C(=O)N2OS(=O)(=O)O.O=C(NCC1CCCC1)[C@@H]1CC[C@@H]2CN1C(=O)N2OS(=O)(=O)O. The summed E-state index contributed by atoms with van der Waals surface area (Å²) < 4.78 is 104. The molecule has 0 radical (unpaired) electrons. The van der Waals surface area contributed by atoms with Crippen LogP contribution in [0.15, 0.2) is 0 Å². The van der Waals surface area contributed by atoms with Gasteiger partial charge in [0.1, 0.15) is 18.1 Å². The normalized spacial score (nSPS) is 28.7. The summed E-state index contributed by atoms with van der Waals surface area (Å²) in [5, 5.41) is 10.5. The summed E-state index contributed by atoms with van der Waals surface area (Å²) >= 11 is 0. The summed E-state index contributed by atoms with van der Waals surface area (Å²) in [6.07, 6.45) is 12.9. The van der Waals surface area contributed by atoms with Crippen LogP contribution in [0.3, 0.4) is 0 Å². The largest absolute Gasteiger partial charge is 0.418 e. The third-order valence-corrected chi connectivity index (χ3v) is 14.5. The first-order chi connectivity index (χ1) is 31.0. The molecule has 0 spiro atoms. The quantitative estimate of drug-likeness (QED) is 0.115. The molecule has 0 aromatic carbocycles. The van der Waals surface area contributed by atoms with E-state index in [0.717, 1.165) is 38.5 Å². The Morgan fingerprint density at radius 1 is 0.439 bits per heavy atom. The molecule has 6 atom stereocenters. The molecule has 9 aliphatic rings. The number of amides is 9. The average molecular weight is 1000 g/mol. The molecule has 9 amide bonds. The summed E-state index contributed by atoms with van der Waals surface area (Å²) in [6.45, 7) is 2.51. The molecule has 9 rings (SSSR count). The fourth-order valence-corrected chi connectivity index (χ4v) is 10.8. The minimum atomic E-state index is -4.76. The van der Waals surface area contributed by atoms with E-state index >= 15 is 0 Å². The Morgan fingerprint density at radius 2 is 0.712 bits per heavy atom. The lowest BCUT2D eigenvalue weighted by atomic mass is 9.85. The van der Waals surface area contributed by atoms with Gasteiger partial charge in [0.05, 0.1) is 18.1 Å². The summed E-state index contributed by atoms with van der Waals surface area (Å²) in [7, 11) is -14.3. The molecule has 0 aromatic heterocycles. The molecule has 6 bridgehead atoms. The van der Waals surface area contributed by atoms with Crippen molar-refractivity contribution in [2.75, 3.05) is 39.3 Å². The van der Waals surface area contributed by atoms with Crippen molar-refractivity contribution in [1.82, 2.24) is 45.8 Å². The van der Waals surface area contributed by atoms with Crippen molar-refractivity contribution in [1.29, 1.82) is 0 Å². The molecule has 6 saturated heterocycles. The van der Waals surface area contributed by atoms with E-state index in [0.29, 0.717) is 91.1 Å². The molecule has 6 aliphatic heterocycles. The first kappa shape index (κ1) is 49.7. The highest BCUT2D eigenvalue weighted by molar-refractivity contribution is 7.81. The van der Waals surface area contributed by atoms with Gasteiger partial charge in [-0.15, -0.1) is 12.9 Å². The van der Waals surface area contributed by atoms with Gasteiger partial charge in [-0.1, -0.05) is 19.3 Å². The van der Waals surface area contributed by atoms with E-state index in [1.54, 1.807) is 0 Å². The third-order valence-electron chi connectivity index (χ3n) is 13.5. The van der Waals surface area contributed by atoms with Crippen molar-refractivity contribution in [2.24, 2.45) is 17.8 Å². The first-order valence-corrected chi connectivity index (χ1v) is 26.3. The zero-order valence-electron chi connectivity index (χ0n) is 35.9. The zero-order valence-corrected chi connectivity index (χ0v) is 38.4. The molecule has 372 valence electrons. The number of nitrogens with zero attached hydrogens (tertiary/aromatic N) is 6. The monoisotopic (exact) mass is 999 g/mol. The fraction of sp³-hybridized carbons (Fsp3) is 0.833. The van der Waals surface area contributed by atoms with Crippen LogP contribution in [0.25, 0.3) is 0 Å². The lowest BCUT2D eigenvalue weighted by Crippen LogP contribution is -2.50. The molecule has 0 aromatic rings. The van der Waals surface area contributed by atoms with E-state index in [9.17, 15) is 54.0 Å². The van der Waals surface area contributed by atoms with Crippen LogP contribution in [0.4, 0.5) is 14.4 Å². The van der Waals surface area contributed by atoms with E-state index in [1.807, 2.05) is 0 Å². The van der Waals surface area contributed by atoms with Crippen LogP contribution in [0.1, 0.15) is 96.3 Å². The number of piperidine rings is 3. The van der Waals surface area contributed by atoms with Gasteiger partial charge in [0.15, 0.2) is 0 Å². The maximum atomic E-state index is 12.3. The topological polar surface area (TPSA) is 349 Å². The Morgan fingerprint density at radius 3 is 0.955 bits per heavy atom. The van der Waals surface area contributed by atoms with Crippen molar-refractivity contribution in [2.45, 2.75) is 133 Å². The summed E-state index contributed by atoms with van der Waals surface area (Å²) in [5.74, 6) is 0.920. The number of carbonyl (C=O) groups is 6. The van der Waals surface area contributed by atoms with Crippen LogP contribution < -0.4 is 16.0 Å². The number of hydrogen-bond donors (Lipinski definition) is 6. The fourth-order valence-electron chi connectivity index (χ4n) is 9.63. The molecule has 30 heteroatoms. The number of hydrogen-bond acceptors (Lipinski definition) is 15. The zero-order chi connectivity index (χ0) is 47.7. The second-order valence-electron chi connectivity index (χ2n) is 18.2. The highest BCUT2D eigenvalue weighted by Crippen LogP contribution is 2.34. The van der Waals surface area contributed by atoms with Crippen molar-refractivity contribution in [3.63, 3.8) is 0 Å². The van der Waals surface area contributed by atoms with E-state index in [4.69, 9.17) is 13.7 Å². The van der Waals surface area contributed by atoms with Gasteiger partial charge in [-0.3, -0.25) is 28.0 Å². The smallest absolute Gasteiger partial charge is 0.354 e. The molecule has 6 heterocycles. The standard InChI is InChI=1S/C13H21N3O6S.C12H19N3O6S.C11H17N3O6S/c17-12(14-7-9-3-1-2-4-9)11-6-5-10-8-15(11)13(18)16(10)22-23(19,20)21;16-11(13-6-8-2-1-3-8)10-5-4-9-7-14(10)12(17)15(9)21-22(18,19)20;15-10(12-5-7-1-2-7)9-4-3-8-6-13(9)11(16)14(8)20-21(17,18)19/h9-11H,1-8H2,(H,14,17)(H,19,20,21);8-10H,1-7H2,(H,13,16)(H,18,19,20);7-9H,1-6H2,(H,12,15)(H,17,18,19)/t10-,11+;9-,10+;8-,9+/m111/s1. The molecule has 66 heavy (non-hydrogen) atoms. The second-order valence-corrected chi connectivity index (χ2v) is 21.2. The Hall–Kier alpha value is -4.17. The van der Waals surface area contributed by atoms with Crippen LogP contribution in [-0.2, 0) is 58.4 Å².